The third-order valence-electron chi connectivity index (χ3n) is 4.99. The molecule has 0 amide bonds. The molecule has 3 rings (SSSR count). The number of hydrogen-bond donors (Lipinski definition) is 1. The lowest BCUT2D eigenvalue weighted by atomic mass is 9.58. The molecular weight excluding hydrogens is 302 g/mol. The summed E-state index contributed by atoms with van der Waals surface area (Å²) in [6.45, 7) is 0. The molecule has 2 unspecified atom stereocenters. The second-order valence-electron chi connectivity index (χ2n) is 6.03. The highest BCUT2D eigenvalue weighted by atomic mass is 79.9. The van der Waals surface area contributed by atoms with Crippen LogP contribution < -0.4 is 10.5 Å². The van der Waals surface area contributed by atoms with Gasteiger partial charge in [-0.3, -0.25) is 0 Å². The van der Waals surface area contributed by atoms with Crippen molar-refractivity contribution in [2.45, 2.75) is 57.1 Å². The summed E-state index contributed by atoms with van der Waals surface area (Å²) in [5, 5.41) is 0. The number of halogens is 1. The first-order valence-corrected chi connectivity index (χ1v) is 8.18. The van der Waals surface area contributed by atoms with Crippen molar-refractivity contribution in [1.82, 2.24) is 0 Å². The first-order chi connectivity index (χ1) is 9.22. The molecular formula is C16H22BrNO. The first kappa shape index (κ1) is 13.4. The highest BCUT2D eigenvalue weighted by Gasteiger charge is 2.54. The molecule has 2 saturated carbocycles. The SMILES string of the molecule is NC1CC(Oc2ccccc2Br)C12CCCCCC2. The summed E-state index contributed by atoms with van der Waals surface area (Å²) < 4.78 is 7.31. The minimum Gasteiger partial charge on any atom is -0.489 e. The maximum absolute atomic E-state index is 6.35. The predicted molar refractivity (Wildman–Crippen MR) is 81.3 cm³/mol. The first-order valence-electron chi connectivity index (χ1n) is 7.39. The molecule has 1 spiro atoms. The van der Waals surface area contributed by atoms with E-state index in [1.807, 2.05) is 24.3 Å². The van der Waals surface area contributed by atoms with Crippen LogP contribution in [0.3, 0.4) is 0 Å². The lowest BCUT2D eigenvalue weighted by Gasteiger charge is -2.54. The highest BCUT2D eigenvalue weighted by molar-refractivity contribution is 9.10. The largest absolute Gasteiger partial charge is 0.489 e. The van der Waals surface area contributed by atoms with Crippen molar-refractivity contribution in [3.05, 3.63) is 28.7 Å². The molecule has 2 N–H and O–H groups in total. The van der Waals surface area contributed by atoms with Crippen LogP contribution in [0.25, 0.3) is 0 Å². The quantitative estimate of drug-likeness (QED) is 0.882. The van der Waals surface area contributed by atoms with Gasteiger partial charge in [0.2, 0.25) is 0 Å². The van der Waals surface area contributed by atoms with Gasteiger partial charge in [-0.05, 0) is 40.9 Å². The Bertz CT molecular complexity index is 440. The van der Waals surface area contributed by atoms with E-state index in [0.717, 1.165) is 16.6 Å². The standard InChI is InChI=1S/C16H22BrNO/c17-12-7-3-4-8-13(12)19-15-11-14(18)16(15)9-5-1-2-6-10-16/h3-4,7-8,14-15H,1-2,5-6,9-11,18H2. The molecule has 2 aliphatic rings. The van der Waals surface area contributed by atoms with Gasteiger partial charge < -0.3 is 10.5 Å². The van der Waals surface area contributed by atoms with Crippen molar-refractivity contribution in [2.75, 3.05) is 0 Å². The molecule has 1 aromatic rings. The van der Waals surface area contributed by atoms with E-state index >= 15 is 0 Å². The van der Waals surface area contributed by atoms with Crippen molar-refractivity contribution in [3.8, 4) is 5.75 Å². The van der Waals surface area contributed by atoms with Gasteiger partial charge in [0, 0.05) is 17.9 Å². The van der Waals surface area contributed by atoms with Gasteiger partial charge in [0.05, 0.1) is 4.47 Å². The van der Waals surface area contributed by atoms with Crippen LogP contribution >= 0.6 is 15.9 Å². The number of rotatable bonds is 2. The summed E-state index contributed by atoms with van der Waals surface area (Å²) in [6.07, 6.45) is 9.12. The zero-order valence-electron chi connectivity index (χ0n) is 11.3. The summed E-state index contributed by atoms with van der Waals surface area (Å²) in [5.41, 5.74) is 6.59. The average molecular weight is 324 g/mol. The number of hydrogen-bond acceptors (Lipinski definition) is 2. The van der Waals surface area contributed by atoms with Crippen LogP contribution in [0.15, 0.2) is 28.7 Å². The Kier molecular flexibility index (Phi) is 3.86. The van der Waals surface area contributed by atoms with E-state index in [0.29, 0.717) is 12.1 Å². The molecule has 2 fully saturated rings. The van der Waals surface area contributed by atoms with E-state index in [9.17, 15) is 0 Å². The molecule has 0 aliphatic heterocycles. The number of para-hydroxylation sites is 1. The zero-order valence-corrected chi connectivity index (χ0v) is 12.9. The molecule has 3 heteroatoms. The maximum atomic E-state index is 6.35. The average Bonchev–Trinajstić information content (AvgIpc) is 2.68. The van der Waals surface area contributed by atoms with E-state index in [-0.39, 0.29) is 5.41 Å². The van der Waals surface area contributed by atoms with Gasteiger partial charge in [0.25, 0.3) is 0 Å². The molecule has 104 valence electrons. The smallest absolute Gasteiger partial charge is 0.133 e. The molecule has 2 aliphatic carbocycles. The fraction of sp³-hybridized carbons (Fsp3) is 0.625. The minimum atomic E-state index is 0.242. The monoisotopic (exact) mass is 323 g/mol. The molecule has 2 atom stereocenters. The third-order valence-corrected chi connectivity index (χ3v) is 5.64. The maximum Gasteiger partial charge on any atom is 0.133 e. The van der Waals surface area contributed by atoms with Crippen molar-refractivity contribution in [1.29, 1.82) is 0 Å². The van der Waals surface area contributed by atoms with Gasteiger partial charge in [0.15, 0.2) is 0 Å². The highest BCUT2D eigenvalue weighted by Crippen LogP contribution is 2.51. The lowest BCUT2D eigenvalue weighted by molar-refractivity contribution is -0.0773. The Morgan fingerprint density at radius 1 is 1.11 bits per heavy atom. The van der Waals surface area contributed by atoms with Crippen molar-refractivity contribution < 1.29 is 4.74 Å². The predicted octanol–water partition coefficient (Wildman–Crippen LogP) is 4.27. The molecule has 19 heavy (non-hydrogen) atoms. The third kappa shape index (κ3) is 2.43. The molecule has 0 bridgehead atoms. The van der Waals surface area contributed by atoms with Crippen LogP contribution in [0.2, 0.25) is 0 Å². The van der Waals surface area contributed by atoms with Crippen molar-refractivity contribution in [3.63, 3.8) is 0 Å². The Labute approximate surface area is 123 Å². The van der Waals surface area contributed by atoms with Crippen molar-refractivity contribution >= 4 is 15.9 Å². The summed E-state index contributed by atoms with van der Waals surface area (Å²) >= 11 is 3.56. The number of benzene rings is 1. The molecule has 0 aromatic heterocycles. The van der Waals surface area contributed by atoms with Gasteiger partial charge in [-0.1, -0.05) is 37.8 Å². The number of nitrogens with two attached hydrogens (primary N) is 1. The fourth-order valence-electron chi connectivity index (χ4n) is 3.72. The minimum absolute atomic E-state index is 0.242. The van der Waals surface area contributed by atoms with Gasteiger partial charge in [0.1, 0.15) is 11.9 Å². The summed E-state index contributed by atoms with van der Waals surface area (Å²) in [6, 6.07) is 8.45. The van der Waals surface area contributed by atoms with E-state index < -0.39 is 0 Å². The second kappa shape index (κ2) is 5.45. The summed E-state index contributed by atoms with van der Waals surface area (Å²) in [4.78, 5) is 0. The van der Waals surface area contributed by atoms with Gasteiger partial charge in [-0.15, -0.1) is 0 Å². The van der Waals surface area contributed by atoms with Crippen LogP contribution in [-0.4, -0.2) is 12.1 Å². The number of ether oxygens (including phenoxy) is 1. The van der Waals surface area contributed by atoms with Crippen LogP contribution in [0, 0.1) is 5.41 Å². The zero-order chi connectivity index (χ0) is 13.3. The summed E-state index contributed by atoms with van der Waals surface area (Å²) in [5.74, 6) is 0.961. The van der Waals surface area contributed by atoms with Gasteiger partial charge in [-0.2, -0.15) is 0 Å². The Balaban J connectivity index is 1.76. The Morgan fingerprint density at radius 3 is 2.42 bits per heavy atom. The summed E-state index contributed by atoms with van der Waals surface area (Å²) in [7, 11) is 0. The van der Waals surface area contributed by atoms with E-state index in [1.54, 1.807) is 0 Å². The van der Waals surface area contributed by atoms with Gasteiger partial charge in [-0.25, -0.2) is 0 Å². The van der Waals surface area contributed by atoms with E-state index in [4.69, 9.17) is 10.5 Å². The molecule has 0 saturated heterocycles. The molecule has 0 radical (unpaired) electrons. The second-order valence-corrected chi connectivity index (χ2v) is 6.88. The van der Waals surface area contributed by atoms with Crippen LogP contribution in [0.4, 0.5) is 0 Å². The Morgan fingerprint density at radius 2 is 1.79 bits per heavy atom. The molecule has 2 nitrogen and oxygen atoms in total. The fourth-order valence-corrected chi connectivity index (χ4v) is 4.10. The van der Waals surface area contributed by atoms with Crippen molar-refractivity contribution in [2.24, 2.45) is 11.1 Å². The van der Waals surface area contributed by atoms with E-state index in [2.05, 4.69) is 15.9 Å². The van der Waals surface area contributed by atoms with Gasteiger partial charge >= 0.3 is 0 Å². The lowest BCUT2D eigenvalue weighted by Crippen LogP contribution is -2.63. The normalized spacial score (nSPS) is 29.6. The molecule has 0 heterocycles. The molecule has 1 aromatic carbocycles. The van der Waals surface area contributed by atoms with Crippen LogP contribution in [0.1, 0.15) is 44.9 Å². The topological polar surface area (TPSA) is 35.2 Å². The van der Waals surface area contributed by atoms with Crippen LogP contribution in [-0.2, 0) is 0 Å². The van der Waals surface area contributed by atoms with Crippen LogP contribution in [0.5, 0.6) is 5.75 Å². The Hall–Kier alpha value is -0.540. The van der Waals surface area contributed by atoms with E-state index in [1.165, 1.54) is 38.5 Å².